The summed E-state index contributed by atoms with van der Waals surface area (Å²) < 4.78 is 6.08. The average Bonchev–Trinajstić information content (AvgIpc) is 2.16. The monoisotopic (exact) mass is 258 g/mol. The first-order valence-electron chi connectivity index (χ1n) is 4.24. The van der Waals surface area contributed by atoms with Crippen molar-refractivity contribution in [3.63, 3.8) is 0 Å². The number of carboxylic acids is 1. The summed E-state index contributed by atoms with van der Waals surface area (Å²) in [6, 6.07) is 4.89. The number of ether oxygens (including phenoxy) is 1. The highest BCUT2D eigenvalue weighted by Crippen LogP contribution is 2.19. The number of rotatable bonds is 4. The molecule has 76 valence electrons. The summed E-state index contributed by atoms with van der Waals surface area (Å²) in [5, 5.41) is 8.77. The minimum absolute atomic E-state index is 0.280. The van der Waals surface area contributed by atoms with Gasteiger partial charge in [-0.25, -0.2) is 4.79 Å². The minimum atomic E-state index is -0.921. The van der Waals surface area contributed by atoms with Crippen molar-refractivity contribution in [1.82, 2.24) is 0 Å². The Balaban J connectivity index is 2.90. The molecule has 0 aliphatic heterocycles. The van der Waals surface area contributed by atoms with Crippen LogP contribution in [0.1, 0.15) is 22.8 Å². The molecule has 1 rings (SSSR count). The predicted molar refractivity (Wildman–Crippen MR) is 56.4 cm³/mol. The van der Waals surface area contributed by atoms with Gasteiger partial charge in [-0.3, -0.25) is 0 Å². The Morgan fingerprint density at radius 1 is 1.57 bits per heavy atom. The smallest absolute Gasteiger partial charge is 0.335 e. The molecule has 1 aromatic carbocycles. The van der Waals surface area contributed by atoms with Gasteiger partial charge in [0, 0.05) is 11.1 Å². The second kappa shape index (κ2) is 5.12. The molecule has 0 amide bonds. The highest BCUT2D eigenvalue weighted by atomic mass is 79.9. The first-order valence-corrected chi connectivity index (χ1v) is 5.04. The van der Waals surface area contributed by atoms with Gasteiger partial charge in [0.1, 0.15) is 0 Å². The van der Waals surface area contributed by atoms with Gasteiger partial charge in [0.05, 0.1) is 12.2 Å². The van der Waals surface area contributed by atoms with E-state index in [0.29, 0.717) is 13.2 Å². The topological polar surface area (TPSA) is 46.5 Å². The number of hydrogen-bond donors (Lipinski definition) is 1. The van der Waals surface area contributed by atoms with Crippen molar-refractivity contribution in [2.24, 2.45) is 0 Å². The van der Waals surface area contributed by atoms with Gasteiger partial charge in [-0.2, -0.15) is 0 Å². The summed E-state index contributed by atoms with van der Waals surface area (Å²) in [6.07, 6.45) is 0. The first kappa shape index (κ1) is 11.2. The van der Waals surface area contributed by atoms with E-state index in [2.05, 4.69) is 15.9 Å². The zero-order chi connectivity index (χ0) is 10.6. The Hall–Kier alpha value is -0.870. The van der Waals surface area contributed by atoms with Crippen LogP contribution in [-0.4, -0.2) is 17.7 Å². The average molecular weight is 259 g/mol. The van der Waals surface area contributed by atoms with Gasteiger partial charge in [-0.1, -0.05) is 15.9 Å². The number of halogens is 1. The largest absolute Gasteiger partial charge is 0.478 e. The van der Waals surface area contributed by atoms with Crippen LogP contribution in [0.15, 0.2) is 22.7 Å². The van der Waals surface area contributed by atoms with Crippen molar-refractivity contribution in [1.29, 1.82) is 0 Å². The maximum Gasteiger partial charge on any atom is 0.335 e. The van der Waals surface area contributed by atoms with Crippen LogP contribution in [0.25, 0.3) is 0 Å². The quantitative estimate of drug-likeness (QED) is 0.904. The van der Waals surface area contributed by atoms with E-state index >= 15 is 0 Å². The molecule has 0 radical (unpaired) electrons. The molecule has 4 heteroatoms. The molecule has 1 N–H and O–H groups in total. The normalized spacial score (nSPS) is 10.1. The van der Waals surface area contributed by atoms with Crippen LogP contribution in [0.5, 0.6) is 0 Å². The molecule has 14 heavy (non-hydrogen) atoms. The highest BCUT2D eigenvalue weighted by Gasteiger charge is 2.06. The number of benzene rings is 1. The second-order valence-corrected chi connectivity index (χ2v) is 3.60. The van der Waals surface area contributed by atoms with E-state index < -0.39 is 5.97 Å². The summed E-state index contributed by atoms with van der Waals surface area (Å²) >= 11 is 3.34. The summed E-state index contributed by atoms with van der Waals surface area (Å²) in [5.41, 5.74) is 1.13. The van der Waals surface area contributed by atoms with Crippen LogP contribution in [0.2, 0.25) is 0 Å². The molecule has 0 saturated carbocycles. The Morgan fingerprint density at radius 3 is 2.86 bits per heavy atom. The van der Waals surface area contributed by atoms with Gasteiger partial charge in [0.25, 0.3) is 0 Å². The van der Waals surface area contributed by atoms with E-state index in [0.717, 1.165) is 10.0 Å². The third kappa shape index (κ3) is 2.82. The SMILES string of the molecule is CCOCc1cc(C(=O)O)ccc1Br. The molecular formula is C10H11BrO3. The van der Waals surface area contributed by atoms with Gasteiger partial charge < -0.3 is 9.84 Å². The summed E-state index contributed by atoms with van der Waals surface area (Å²) in [7, 11) is 0. The van der Waals surface area contributed by atoms with Crippen molar-refractivity contribution < 1.29 is 14.6 Å². The van der Waals surface area contributed by atoms with Crippen LogP contribution in [-0.2, 0) is 11.3 Å². The summed E-state index contributed by atoms with van der Waals surface area (Å²) in [6.45, 7) is 2.94. The molecule has 1 aromatic rings. The minimum Gasteiger partial charge on any atom is -0.478 e. The van der Waals surface area contributed by atoms with Gasteiger partial charge in [0.2, 0.25) is 0 Å². The van der Waals surface area contributed by atoms with E-state index in [-0.39, 0.29) is 5.56 Å². The zero-order valence-electron chi connectivity index (χ0n) is 7.79. The van der Waals surface area contributed by atoms with Crippen molar-refractivity contribution in [3.8, 4) is 0 Å². The van der Waals surface area contributed by atoms with Crippen LogP contribution < -0.4 is 0 Å². The Morgan fingerprint density at radius 2 is 2.29 bits per heavy atom. The lowest BCUT2D eigenvalue weighted by Crippen LogP contribution is -1.99. The molecule has 0 aliphatic carbocycles. The second-order valence-electron chi connectivity index (χ2n) is 2.75. The van der Waals surface area contributed by atoms with E-state index in [1.165, 1.54) is 0 Å². The van der Waals surface area contributed by atoms with Crippen LogP contribution in [0.4, 0.5) is 0 Å². The lowest BCUT2D eigenvalue weighted by molar-refractivity contribution is 0.0696. The molecule has 0 fully saturated rings. The predicted octanol–water partition coefficient (Wildman–Crippen LogP) is 2.68. The maximum atomic E-state index is 10.7. The molecular weight excluding hydrogens is 248 g/mol. The summed E-state index contributed by atoms with van der Waals surface area (Å²) in [5.74, 6) is -0.921. The highest BCUT2D eigenvalue weighted by molar-refractivity contribution is 9.10. The molecule has 0 unspecified atom stereocenters. The first-order chi connectivity index (χ1) is 6.65. The van der Waals surface area contributed by atoms with Crippen molar-refractivity contribution in [2.75, 3.05) is 6.61 Å². The fourth-order valence-electron chi connectivity index (χ4n) is 1.03. The molecule has 3 nitrogen and oxygen atoms in total. The number of hydrogen-bond acceptors (Lipinski definition) is 2. The lowest BCUT2D eigenvalue weighted by Gasteiger charge is -2.05. The molecule has 0 spiro atoms. The number of carboxylic acid groups (broad SMARTS) is 1. The molecule has 0 aromatic heterocycles. The Kier molecular flexibility index (Phi) is 4.10. The molecule has 0 atom stereocenters. The third-order valence-corrected chi connectivity index (χ3v) is 2.53. The van der Waals surface area contributed by atoms with Gasteiger partial charge in [-0.05, 0) is 30.7 Å². The molecule has 0 bridgehead atoms. The van der Waals surface area contributed by atoms with Crippen molar-refractivity contribution >= 4 is 21.9 Å². The Bertz CT molecular complexity index is 336. The lowest BCUT2D eigenvalue weighted by atomic mass is 10.1. The fourth-order valence-corrected chi connectivity index (χ4v) is 1.39. The van der Waals surface area contributed by atoms with E-state index in [4.69, 9.17) is 9.84 Å². The van der Waals surface area contributed by atoms with Gasteiger partial charge >= 0.3 is 5.97 Å². The maximum absolute atomic E-state index is 10.7. The Labute approximate surface area is 90.8 Å². The van der Waals surface area contributed by atoms with Crippen LogP contribution in [0.3, 0.4) is 0 Å². The third-order valence-electron chi connectivity index (χ3n) is 1.75. The van der Waals surface area contributed by atoms with Crippen LogP contribution in [0, 0.1) is 0 Å². The van der Waals surface area contributed by atoms with E-state index in [9.17, 15) is 4.79 Å². The number of carbonyl (C=O) groups is 1. The molecule has 0 heterocycles. The standard InChI is InChI=1S/C10H11BrO3/c1-2-14-6-8-5-7(10(12)13)3-4-9(8)11/h3-5H,2,6H2,1H3,(H,12,13). The summed E-state index contributed by atoms with van der Waals surface area (Å²) in [4.78, 5) is 10.7. The van der Waals surface area contributed by atoms with Crippen LogP contribution >= 0.6 is 15.9 Å². The van der Waals surface area contributed by atoms with E-state index in [1.807, 2.05) is 6.92 Å². The van der Waals surface area contributed by atoms with Gasteiger partial charge in [-0.15, -0.1) is 0 Å². The van der Waals surface area contributed by atoms with E-state index in [1.54, 1.807) is 18.2 Å². The van der Waals surface area contributed by atoms with Crippen molar-refractivity contribution in [3.05, 3.63) is 33.8 Å². The number of aromatic carboxylic acids is 1. The fraction of sp³-hybridized carbons (Fsp3) is 0.300. The molecule has 0 aliphatic rings. The zero-order valence-corrected chi connectivity index (χ0v) is 9.37. The van der Waals surface area contributed by atoms with Gasteiger partial charge in [0.15, 0.2) is 0 Å². The van der Waals surface area contributed by atoms with Crippen molar-refractivity contribution in [2.45, 2.75) is 13.5 Å². The molecule has 0 saturated heterocycles.